The summed E-state index contributed by atoms with van der Waals surface area (Å²) in [7, 11) is 4.23. The van der Waals surface area contributed by atoms with Crippen molar-refractivity contribution >= 4 is 43.1 Å². The van der Waals surface area contributed by atoms with Crippen LogP contribution in [0.5, 0.6) is 0 Å². The van der Waals surface area contributed by atoms with E-state index in [4.69, 9.17) is 5.73 Å². The third-order valence-electron chi connectivity index (χ3n) is 3.77. The standard InChI is InChI=1S/C13H28N4O.3ClH/c1-5-6-13(2,14)12(18)15-9-11-10-16(3)7-8-17(11)4;;;/h11H,5-10,14H2,1-4H3,(H,15,18);3*1H. The van der Waals surface area contributed by atoms with Crippen LogP contribution in [0.15, 0.2) is 0 Å². The molecule has 0 spiro atoms. The van der Waals surface area contributed by atoms with Crippen LogP contribution in [0.4, 0.5) is 0 Å². The summed E-state index contributed by atoms with van der Waals surface area (Å²) in [5.41, 5.74) is 5.27. The van der Waals surface area contributed by atoms with Gasteiger partial charge in [-0.3, -0.25) is 9.69 Å². The minimum atomic E-state index is -0.742. The van der Waals surface area contributed by atoms with Gasteiger partial charge in [0.25, 0.3) is 0 Å². The third-order valence-corrected chi connectivity index (χ3v) is 3.77. The van der Waals surface area contributed by atoms with Crippen LogP contribution in [0.25, 0.3) is 0 Å². The molecule has 1 fully saturated rings. The monoisotopic (exact) mass is 364 g/mol. The van der Waals surface area contributed by atoms with Crippen molar-refractivity contribution in [1.82, 2.24) is 15.1 Å². The molecule has 8 heteroatoms. The van der Waals surface area contributed by atoms with Crippen LogP contribution in [-0.4, -0.2) is 67.6 Å². The van der Waals surface area contributed by atoms with Gasteiger partial charge in [0.2, 0.25) is 5.91 Å². The molecule has 1 saturated heterocycles. The van der Waals surface area contributed by atoms with E-state index in [1.54, 1.807) is 0 Å². The van der Waals surface area contributed by atoms with E-state index in [-0.39, 0.29) is 43.1 Å². The number of hydrogen-bond acceptors (Lipinski definition) is 4. The predicted molar refractivity (Wildman–Crippen MR) is 96.2 cm³/mol. The maximum absolute atomic E-state index is 12.0. The normalized spacial score (nSPS) is 22.0. The largest absolute Gasteiger partial charge is 0.353 e. The Balaban J connectivity index is -0.00000108. The Morgan fingerprint density at radius 1 is 1.29 bits per heavy atom. The van der Waals surface area contributed by atoms with Gasteiger partial charge in [0, 0.05) is 32.2 Å². The number of carbonyl (C=O) groups is 1. The van der Waals surface area contributed by atoms with E-state index in [9.17, 15) is 4.79 Å². The average Bonchev–Trinajstić information content (AvgIpc) is 2.29. The SMILES string of the molecule is CCCC(C)(N)C(=O)NCC1CN(C)CCN1C.Cl.Cl.Cl. The van der Waals surface area contributed by atoms with E-state index >= 15 is 0 Å². The van der Waals surface area contributed by atoms with Crippen LogP contribution >= 0.6 is 37.2 Å². The molecule has 0 aromatic carbocycles. The van der Waals surface area contributed by atoms with Crippen molar-refractivity contribution in [1.29, 1.82) is 0 Å². The van der Waals surface area contributed by atoms with E-state index in [2.05, 4.69) is 29.2 Å². The van der Waals surface area contributed by atoms with Crippen LogP contribution < -0.4 is 11.1 Å². The van der Waals surface area contributed by atoms with Gasteiger partial charge in [-0.15, -0.1) is 37.2 Å². The predicted octanol–water partition coefficient (Wildman–Crippen LogP) is 1.13. The number of halogens is 3. The van der Waals surface area contributed by atoms with Crippen LogP contribution in [-0.2, 0) is 4.79 Å². The molecule has 1 amide bonds. The molecule has 3 N–H and O–H groups in total. The van der Waals surface area contributed by atoms with Gasteiger partial charge in [-0.2, -0.15) is 0 Å². The van der Waals surface area contributed by atoms with Crippen LogP contribution in [0.1, 0.15) is 26.7 Å². The first-order chi connectivity index (χ1) is 8.36. The maximum Gasteiger partial charge on any atom is 0.239 e. The maximum atomic E-state index is 12.0. The Labute approximate surface area is 147 Å². The fourth-order valence-corrected chi connectivity index (χ4v) is 2.37. The lowest BCUT2D eigenvalue weighted by molar-refractivity contribution is -0.126. The van der Waals surface area contributed by atoms with Gasteiger partial charge in [-0.05, 0) is 27.4 Å². The van der Waals surface area contributed by atoms with Crippen molar-refractivity contribution in [2.75, 3.05) is 40.3 Å². The molecule has 1 aliphatic rings. The molecule has 0 aliphatic carbocycles. The molecule has 5 nitrogen and oxygen atoms in total. The number of carbonyl (C=O) groups excluding carboxylic acids is 1. The quantitative estimate of drug-likeness (QED) is 0.767. The summed E-state index contributed by atoms with van der Waals surface area (Å²) in [6, 6.07) is 0.380. The van der Waals surface area contributed by atoms with E-state index < -0.39 is 5.54 Å². The van der Waals surface area contributed by atoms with Crippen LogP contribution in [0.2, 0.25) is 0 Å². The number of nitrogens with zero attached hydrogens (tertiary/aromatic N) is 2. The second-order valence-corrected chi connectivity index (χ2v) is 5.77. The highest BCUT2D eigenvalue weighted by Gasteiger charge is 2.29. The van der Waals surface area contributed by atoms with E-state index in [0.29, 0.717) is 12.6 Å². The molecule has 0 aromatic rings. The summed E-state index contributed by atoms with van der Waals surface area (Å²) in [6.07, 6.45) is 1.64. The number of piperazine rings is 1. The summed E-state index contributed by atoms with van der Waals surface area (Å²) < 4.78 is 0. The lowest BCUT2D eigenvalue weighted by Gasteiger charge is -2.38. The summed E-state index contributed by atoms with van der Waals surface area (Å²) in [5, 5.41) is 3.00. The minimum absolute atomic E-state index is 0. The minimum Gasteiger partial charge on any atom is -0.353 e. The van der Waals surface area contributed by atoms with Gasteiger partial charge in [0.1, 0.15) is 0 Å². The molecule has 130 valence electrons. The molecular formula is C13H31Cl3N4O. The first-order valence-electron chi connectivity index (χ1n) is 6.82. The first kappa shape index (κ1) is 26.1. The highest BCUT2D eigenvalue weighted by atomic mass is 35.5. The smallest absolute Gasteiger partial charge is 0.239 e. The van der Waals surface area contributed by atoms with E-state index in [1.807, 2.05) is 13.8 Å². The zero-order valence-corrected chi connectivity index (χ0v) is 15.9. The number of likely N-dealkylation sites (N-methyl/N-ethyl adjacent to an activating group) is 2. The zero-order chi connectivity index (χ0) is 13.8. The Hall–Kier alpha value is 0.220. The molecule has 0 bridgehead atoms. The zero-order valence-electron chi connectivity index (χ0n) is 13.4. The van der Waals surface area contributed by atoms with Crippen molar-refractivity contribution in [3.8, 4) is 0 Å². The van der Waals surface area contributed by atoms with Gasteiger partial charge in [-0.25, -0.2) is 0 Å². The number of amides is 1. The van der Waals surface area contributed by atoms with E-state index in [0.717, 1.165) is 32.5 Å². The van der Waals surface area contributed by atoms with Crippen molar-refractivity contribution in [2.45, 2.75) is 38.3 Å². The lowest BCUT2D eigenvalue weighted by Crippen LogP contribution is -2.58. The Kier molecular flexibility index (Phi) is 14.6. The molecule has 1 heterocycles. The number of nitrogens with two attached hydrogens (primary N) is 1. The van der Waals surface area contributed by atoms with Crippen molar-refractivity contribution in [2.24, 2.45) is 5.73 Å². The highest BCUT2D eigenvalue weighted by molar-refractivity contribution is 5.86. The Bertz CT molecular complexity index is 293. The number of hydrogen-bond donors (Lipinski definition) is 2. The number of nitrogens with one attached hydrogen (secondary N) is 1. The molecule has 1 rings (SSSR count). The number of rotatable bonds is 5. The molecule has 21 heavy (non-hydrogen) atoms. The topological polar surface area (TPSA) is 61.6 Å². The molecule has 0 radical (unpaired) electrons. The fourth-order valence-electron chi connectivity index (χ4n) is 2.37. The summed E-state index contributed by atoms with van der Waals surface area (Å²) in [5.74, 6) is -0.0361. The molecule has 0 aromatic heterocycles. The molecular weight excluding hydrogens is 335 g/mol. The van der Waals surface area contributed by atoms with Gasteiger partial charge >= 0.3 is 0 Å². The molecule has 2 unspecified atom stereocenters. The molecule has 1 aliphatic heterocycles. The highest BCUT2D eigenvalue weighted by Crippen LogP contribution is 2.09. The van der Waals surface area contributed by atoms with Gasteiger partial charge in [0.05, 0.1) is 5.54 Å². The second kappa shape index (κ2) is 11.7. The second-order valence-electron chi connectivity index (χ2n) is 5.77. The summed E-state index contributed by atoms with van der Waals surface area (Å²) in [6.45, 7) is 7.66. The van der Waals surface area contributed by atoms with E-state index in [1.165, 1.54) is 0 Å². The van der Waals surface area contributed by atoms with Crippen LogP contribution in [0.3, 0.4) is 0 Å². The summed E-state index contributed by atoms with van der Waals surface area (Å²) in [4.78, 5) is 16.6. The van der Waals surface area contributed by atoms with Gasteiger partial charge in [-0.1, -0.05) is 13.3 Å². The lowest BCUT2D eigenvalue weighted by atomic mass is 9.96. The molecule has 2 atom stereocenters. The third kappa shape index (κ3) is 8.43. The fraction of sp³-hybridized carbons (Fsp3) is 0.923. The average molecular weight is 366 g/mol. The molecule has 0 saturated carbocycles. The van der Waals surface area contributed by atoms with Crippen molar-refractivity contribution in [3.05, 3.63) is 0 Å². The van der Waals surface area contributed by atoms with Gasteiger partial charge < -0.3 is 16.0 Å². The summed E-state index contributed by atoms with van der Waals surface area (Å²) >= 11 is 0. The van der Waals surface area contributed by atoms with Crippen LogP contribution in [0, 0.1) is 0 Å². The van der Waals surface area contributed by atoms with Crippen molar-refractivity contribution in [3.63, 3.8) is 0 Å². The first-order valence-corrected chi connectivity index (χ1v) is 6.82. The van der Waals surface area contributed by atoms with Gasteiger partial charge in [0.15, 0.2) is 0 Å². The Morgan fingerprint density at radius 2 is 1.86 bits per heavy atom. The van der Waals surface area contributed by atoms with Crippen molar-refractivity contribution < 1.29 is 4.79 Å². The Morgan fingerprint density at radius 3 is 2.38 bits per heavy atom.